The molecular formula is C15H19N3O2. The molecule has 20 heavy (non-hydrogen) atoms. The fourth-order valence-electron chi connectivity index (χ4n) is 2.70. The van der Waals surface area contributed by atoms with Crippen molar-refractivity contribution in [3.05, 3.63) is 30.1 Å². The monoisotopic (exact) mass is 273 g/mol. The van der Waals surface area contributed by atoms with E-state index in [2.05, 4.69) is 4.98 Å². The summed E-state index contributed by atoms with van der Waals surface area (Å²) in [5.74, 6) is 0.127. The number of rotatable bonds is 5. The van der Waals surface area contributed by atoms with E-state index >= 15 is 0 Å². The molecule has 5 heteroatoms. The molecule has 0 aliphatic heterocycles. The van der Waals surface area contributed by atoms with E-state index in [4.69, 9.17) is 0 Å². The average Bonchev–Trinajstić information content (AvgIpc) is 3.23. The van der Waals surface area contributed by atoms with E-state index in [9.17, 15) is 9.90 Å². The Morgan fingerprint density at radius 1 is 1.55 bits per heavy atom. The Balaban J connectivity index is 1.88. The Morgan fingerprint density at radius 3 is 3.00 bits per heavy atom. The molecule has 2 heterocycles. The van der Waals surface area contributed by atoms with Gasteiger partial charge in [-0.25, -0.2) is 4.98 Å². The minimum absolute atomic E-state index is 0.0382. The van der Waals surface area contributed by atoms with Gasteiger partial charge in [0.15, 0.2) is 0 Å². The molecule has 2 aromatic rings. The number of aliphatic hydroxyl groups excluding tert-OH is 1. The number of carbonyl (C=O) groups is 1. The lowest BCUT2D eigenvalue weighted by Crippen LogP contribution is -2.35. The van der Waals surface area contributed by atoms with Crippen LogP contribution in [0.2, 0.25) is 0 Å². The highest BCUT2D eigenvalue weighted by Crippen LogP contribution is 2.27. The zero-order valence-corrected chi connectivity index (χ0v) is 11.6. The summed E-state index contributed by atoms with van der Waals surface area (Å²) in [6.45, 7) is 3.02. The van der Waals surface area contributed by atoms with Crippen LogP contribution in [-0.2, 0) is 17.9 Å². The smallest absolute Gasteiger partial charge is 0.242 e. The van der Waals surface area contributed by atoms with Gasteiger partial charge in [-0.3, -0.25) is 4.79 Å². The van der Waals surface area contributed by atoms with Crippen LogP contribution in [0.1, 0.15) is 25.3 Å². The van der Waals surface area contributed by atoms with Gasteiger partial charge < -0.3 is 14.6 Å². The molecule has 1 aliphatic carbocycles. The van der Waals surface area contributed by atoms with Gasteiger partial charge >= 0.3 is 0 Å². The maximum atomic E-state index is 12.4. The van der Waals surface area contributed by atoms with Gasteiger partial charge in [-0.15, -0.1) is 0 Å². The van der Waals surface area contributed by atoms with Crippen LogP contribution >= 0.6 is 0 Å². The number of pyridine rings is 1. The summed E-state index contributed by atoms with van der Waals surface area (Å²) in [6, 6.07) is 4.20. The Bertz CT molecular complexity index is 631. The van der Waals surface area contributed by atoms with Crippen molar-refractivity contribution in [3.8, 4) is 0 Å². The van der Waals surface area contributed by atoms with Crippen LogP contribution in [0.15, 0.2) is 24.5 Å². The summed E-state index contributed by atoms with van der Waals surface area (Å²) in [4.78, 5) is 18.6. The van der Waals surface area contributed by atoms with Gasteiger partial charge in [0, 0.05) is 35.9 Å². The number of carbonyl (C=O) groups excluding carboxylic acids is 1. The van der Waals surface area contributed by atoms with E-state index < -0.39 is 0 Å². The topological polar surface area (TPSA) is 58.4 Å². The third-order valence-corrected chi connectivity index (χ3v) is 3.84. The fourth-order valence-corrected chi connectivity index (χ4v) is 2.70. The van der Waals surface area contributed by atoms with Crippen LogP contribution in [0.3, 0.4) is 0 Å². The highest BCUT2D eigenvalue weighted by molar-refractivity contribution is 5.83. The Labute approximate surface area is 117 Å². The summed E-state index contributed by atoms with van der Waals surface area (Å²) >= 11 is 0. The SMILES string of the molecule is CCN(C(=O)Cn1cc(CO)c2cccnc21)C1CC1. The first-order valence-corrected chi connectivity index (χ1v) is 7.07. The first-order valence-electron chi connectivity index (χ1n) is 7.07. The summed E-state index contributed by atoms with van der Waals surface area (Å²) in [5.41, 5.74) is 1.58. The Kier molecular flexibility index (Phi) is 3.44. The molecule has 0 bridgehead atoms. The normalized spacial score (nSPS) is 14.7. The number of likely N-dealkylation sites (N-methyl/N-ethyl adjacent to an activating group) is 1. The number of hydrogen-bond acceptors (Lipinski definition) is 3. The molecule has 0 aromatic carbocycles. The van der Waals surface area contributed by atoms with Gasteiger partial charge in [-0.2, -0.15) is 0 Å². The fraction of sp³-hybridized carbons (Fsp3) is 0.467. The third kappa shape index (κ3) is 2.29. The summed E-state index contributed by atoms with van der Waals surface area (Å²) < 4.78 is 1.84. The molecule has 3 rings (SSSR count). The van der Waals surface area contributed by atoms with Crippen molar-refractivity contribution >= 4 is 16.9 Å². The molecule has 5 nitrogen and oxygen atoms in total. The molecule has 0 saturated heterocycles. The average molecular weight is 273 g/mol. The van der Waals surface area contributed by atoms with Gasteiger partial charge in [0.25, 0.3) is 0 Å². The first-order chi connectivity index (χ1) is 9.74. The minimum Gasteiger partial charge on any atom is -0.392 e. The molecule has 1 amide bonds. The van der Waals surface area contributed by atoms with E-state index in [-0.39, 0.29) is 19.1 Å². The lowest BCUT2D eigenvalue weighted by molar-refractivity contribution is -0.132. The first kappa shape index (κ1) is 13.1. The van der Waals surface area contributed by atoms with E-state index in [1.807, 2.05) is 34.7 Å². The molecule has 2 aromatic heterocycles. The van der Waals surface area contributed by atoms with Gasteiger partial charge in [0.05, 0.1) is 6.61 Å². The van der Waals surface area contributed by atoms with Crippen LogP contribution in [0.5, 0.6) is 0 Å². The molecule has 1 aliphatic rings. The molecule has 1 fully saturated rings. The largest absolute Gasteiger partial charge is 0.392 e. The maximum Gasteiger partial charge on any atom is 0.242 e. The summed E-state index contributed by atoms with van der Waals surface area (Å²) in [5, 5.41) is 10.3. The molecule has 1 saturated carbocycles. The van der Waals surface area contributed by atoms with E-state index in [1.165, 1.54) is 0 Å². The molecule has 0 radical (unpaired) electrons. The van der Waals surface area contributed by atoms with Crippen LogP contribution in [0.4, 0.5) is 0 Å². The number of fused-ring (bicyclic) bond motifs is 1. The minimum atomic E-state index is -0.0382. The van der Waals surface area contributed by atoms with E-state index in [0.717, 1.165) is 36.0 Å². The van der Waals surface area contributed by atoms with Gasteiger partial charge in [-0.1, -0.05) is 0 Å². The Morgan fingerprint density at radius 2 is 2.35 bits per heavy atom. The van der Waals surface area contributed by atoms with E-state index in [1.54, 1.807) is 6.20 Å². The highest BCUT2D eigenvalue weighted by Gasteiger charge is 2.31. The van der Waals surface area contributed by atoms with E-state index in [0.29, 0.717) is 6.04 Å². The van der Waals surface area contributed by atoms with Crippen LogP contribution in [-0.4, -0.2) is 38.1 Å². The van der Waals surface area contributed by atoms with Crippen molar-refractivity contribution in [1.82, 2.24) is 14.5 Å². The maximum absolute atomic E-state index is 12.4. The standard InChI is InChI=1S/C15H19N3O2/c1-2-18(12-5-6-12)14(20)9-17-8-11(10-19)13-4-3-7-16-15(13)17/h3-4,7-8,12,19H,2,5-6,9-10H2,1H3. The lowest BCUT2D eigenvalue weighted by atomic mass is 10.2. The molecule has 0 atom stereocenters. The predicted molar refractivity (Wildman–Crippen MR) is 76.1 cm³/mol. The van der Waals surface area contributed by atoms with Crippen LogP contribution < -0.4 is 0 Å². The zero-order valence-electron chi connectivity index (χ0n) is 11.6. The van der Waals surface area contributed by atoms with Gasteiger partial charge in [0.2, 0.25) is 5.91 Å². The Hall–Kier alpha value is -1.88. The predicted octanol–water partition coefficient (Wildman–Crippen LogP) is 1.54. The number of hydrogen-bond donors (Lipinski definition) is 1. The molecule has 106 valence electrons. The number of nitrogens with zero attached hydrogens (tertiary/aromatic N) is 3. The number of aliphatic hydroxyl groups is 1. The highest BCUT2D eigenvalue weighted by atomic mass is 16.3. The van der Waals surface area contributed by atoms with Crippen molar-refractivity contribution in [2.45, 2.75) is 39.0 Å². The lowest BCUT2D eigenvalue weighted by Gasteiger charge is -2.20. The van der Waals surface area contributed by atoms with Crippen molar-refractivity contribution in [2.24, 2.45) is 0 Å². The summed E-state index contributed by atoms with van der Waals surface area (Å²) in [7, 11) is 0. The molecular weight excluding hydrogens is 254 g/mol. The van der Waals surface area contributed by atoms with Gasteiger partial charge in [-0.05, 0) is 31.9 Å². The second-order valence-electron chi connectivity index (χ2n) is 5.23. The number of aromatic nitrogens is 2. The molecule has 0 spiro atoms. The van der Waals surface area contributed by atoms with Crippen molar-refractivity contribution in [2.75, 3.05) is 6.54 Å². The van der Waals surface area contributed by atoms with Crippen LogP contribution in [0.25, 0.3) is 11.0 Å². The molecule has 1 N–H and O–H groups in total. The second-order valence-corrected chi connectivity index (χ2v) is 5.23. The van der Waals surface area contributed by atoms with Crippen molar-refractivity contribution < 1.29 is 9.90 Å². The zero-order chi connectivity index (χ0) is 14.1. The summed E-state index contributed by atoms with van der Waals surface area (Å²) in [6.07, 6.45) is 5.78. The molecule has 0 unspecified atom stereocenters. The number of amides is 1. The second kappa shape index (κ2) is 5.25. The van der Waals surface area contributed by atoms with Crippen molar-refractivity contribution in [3.63, 3.8) is 0 Å². The van der Waals surface area contributed by atoms with Crippen LogP contribution in [0, 0.1) is 0 Å². The van der Waals surface area contributed by atoms with Gasteiger partial charge in [0.1, 0.15) is 12.2 Å². The quantitative estimate of drug-likeness (QED) is 0.899. The third-order valence-electron chi connectivity index (χ3n) is 3.84. The van der Waals surface area contributed by atoms with Crippen molar-refractivity contribution in [1.29, 1.82) is 0 Å².